The van der Waals surface area contributed by atoms with E-state index in [1.165, 1.54) is 0 Å². The van der Waals surface area contributed by atoms with Gasteiger partial charge in [-0.25, -0.2) is 0 Å². The lowest BCUT2D eigenvalue weighted by Gasteiger charge is -2.24. The van der Waals surface area contributed by atoms with E-state index in [-0.39, 0.29) is 0 Å². The van der Waals surface area contributed by atoms with Crippen molar-refractivity contribution in [2.45, 2.75) is 18.9 Å². The van der Waals surface area contributed by atoms with Gasteiger partial charge in [-0.05, 0) is 25.0 Å². The van der Waals surface area contributed by atoms with E-state index < -0.39 is 0 Å². The molecular weight excluding hydrogens is 226 g/mol. The molecule has 3 nitrogen and oxygen atoms in total. The van der Waals surface area contributed by atoms with Crippen LogP contribution in [0.1, 0.15) is 12.8 Å². The fourth-order valence-corrected chi connectivity index (χ4v) is 2.49. The molecule has 1 fully saturated rings. The van der Waals surface area contributed by atoms with Crippen LogP contribution in [-0.4, -0.2) is 24.4 Å². The molecule has 0 spiro atoms. The first-order valence-electron chi connectivity index (χ1n) is 6.39. The number of rotatable bonds is 2. The fraction of sp³-hybridized carbons (Fsp3) is 0.333. The molecule has 0 aliphatic carbocycles. The molecule has 1 heterocycles. The first-order chi connectivity index (χ1) is 8.84. The third-order valence-corrected chi connectivity index (χ3v) is 3.42. The topological polar surface area (TPSA) is 41.5 Å². The summed E-state index contributed by atoms with van der Waals surface area (Å²) in [6.07, 6.45) is 2.24. The molecule has 2 aromatic carbocycles. The van der Waals surface area contributed by atoms with Crippen LogP contribution < -0.4 is 5.32 Å². The lowest BCUT2D eigenvalue weighted by Crippen LogP contribution is -2.29. The van der Waals surface area contributed by atoms with Gasteiger partial charge in [0.1, 0.15) is 5.75 Å². The number of ether oxygens (including phenoxy) is 1. The minimum absolute atomic E-state index is 0.330. The number of phenols is 1. The highest BCUT2D eigenvalue weighted by Gasteiger charge is 2.14. The minimum Gasteiger partial charge on any atom is -0.507 e. The highest BCUT2D eigenvalue weighted by Crippen LogP contribution is 2.30. The van der Waals surface area contributed by atoms with E-state index in [0.29, 0.717) is 11.8 Å². The largest absolute Gasteiger partial charge is 0.507 e. The number of fused-ring (bicyclic) bond motifs is 1. The first kappa shape index (κ1) is 11.4. The van der Waals surface area contributed by atoms with Crippen molar-refractivity contribution in [2.24, 2.45) is 0 Å². The van der Waals surface area contributed by atoms with Gasteiger partial charge in [-0.2, -0.15) is 0 Å². The summed E-state index contributed by atoms with van der Waals surface area (Å²) in [7, 11) is 0. The second-order valence-corrected chi connectivity index (χ2v) is 4.74. The van der Waals surface area contributed by atoms with Crippen LogP contribution in [0.15, 0.2) is 36.4 Å². The van der Waals surface area contributed by atoms with Gasteiger partial charge in [0.05, 0.1) is 6.61 Å². The Kier molecular flexibility index (Phi) is 3.07. The Balaban J connectivity index is 1.93. The van der Waals surface area contributed by atoms with E-state index in [2.05, 4.69) is 11.4 Å². The molecule has 3 rings (SSSR count). The van der Waals surface area contributed by atoms with Crippen LogP contribution in [0.3, 0.4) is 0 Å². The predicted octanol–water partition coefficient (Wildman–Crippen LogP) is 3.14. The molecule has 0 bridgehead atoms. The molecule has 2 N–H and O–H groups in total. The molecular formula is C15H17NO2. The quantitative estimate of drug-likeness (QED) is 0.851. The molecule has 0 radical (unpaired) electrons. The van der Waals surface area contributed by atoms with Crippen molar-refractivity contribution in [1.29, 1.82) is 0 Å². The predicted molar refractivity (Wildman–Crippen MR) is 73.1 cm³/mol. The van der Waals surface area contributed by atoms with Crippen LogP contribution in [0.2, 0.25) is 0 Å². The van der Waals surface area contributed by atoms with Crippen molar-refractivity contribution in [1.82, 2.24) is 0 Å². The number of benzene rings is 2. The monoisotopic (exact) mass is 243 g/mol. The van der Waals surface area contributed by atoms with Crippen molar-refractivity contribution in [3.05, 3.63) is 36.4 Å². The van der Waals surface area contributed by atoms with E-state index in [9.17, 15) is 5.11 Å². The minimum atomic E-state index is 0.330. The molecule has 0 aromatic heterocycles. The average Bonchev–Trinajstić information content (AvgIpc) is 2.41. The van der Waals surface area contributed by atoms with E-state index in [1.807, 2.05) is 24.3 Å². The lowest BCUT2D eigenvalue weighted by molar-refractivity contribution is 0.0876. The van der Waals surface area contributed by atoms with E-state index in [0.717, 1.165) is 42.5 Å². The van der Waals surface area contributed by atoms with Crippen molar-refractivity contribution in [3.63, 3.8) is 0 Å². The fourth-order valence-electron chi connectivity index (χ4n) is 2.49. The van der Waals surface area contributed by atoms with Gasteiger partial charge < -0.3 is 15.2 Å². The molecule has 1 unspecified atom stereocenters. The Morgan fingerprint density at radius 2 is 1.94 bits per heavy atom. The summed E-state index contributed by atoms with van der Waals surface area (Å²) in [6, 6.07) is 11.9. The van der Waals surface area contributed by atoms with Gasteiger partial charge in [-0.1, -0.05) is 24.3 Å². The maximum Gasteiger partial charge on any atom is 0.123 e. The highest BCUT2D eigenvalue weighted by molar-refractivity contribution is 5.97. The standard InChI is InChI=1S/C15H17NO2/c17-15-8-2-5-12-13(15)6-1-7-14(12)16-11-4-3-9-18-10-11/h1-2,5-8,11,16-17H,3-4,9-10H2. The molecule has 3 heteroatoms. The molecule has 0 amide bonds. The highest BCUT2D eigenvalue weighted by atomic mass is 16.5. The van der Waals surface area contributed by atoms with E-state index >= 15 is 0 Å². The third-order valence-electron chi connectivity index (χ3n) is 3.42. The third kappa shape index (κ3) is 2.14. The van der Waals surface area contributed by atoms with Gasteiger partial charge in [-0.3, -0.25) is 0 Å². The zero-order valence-corrected chi connectivity index (χ0v) is 10.2. The Labute approximate surface area is 106 Å². The number of hydrogen-bond donors (Lipinski definition) is 2. The van der Waals surface area contributed by atoms with Crippen molar-refractivity contribution < 1.29 is 9.84 Å². The van der Waals surface area contributed by atoms with Gasteiger partial charge >= 0.3 is 0 Å². The van der Waals surface area contributed by atoms with Crippen LogP contribution in [0.25, 0.3) is 10.8 Å². The normalized spacial score (nSPS) is 19.9. The number of phenolic OH excluding ortho intramolecular Hbond substituents is 1. The van der Waals surface area contributed by atoms with Crippen LogP contribution in [0.4, 0.5) is 5.69 Å². The second-order valence-electron chi connectivity index (χ2n) is 4.74. The summed E-state index contributed by atoms with van der Waals surface area (Å²) in [5.41, 5.74) is 1.07. The van der Waals surface area contributed by atoms with Gasteiger partial charge in [0.25, 0.3) is 0 Å². The first-order valence-corrected chi connectivity index (χ1v) is 6.39. The van der Waals surface area contributed by atoms with Crippen LogP contribution in [0.5, 0.6) is 5.75 Å². The van der Waals surface area contributed by atoms with Gasteiger partial charge in [0.2, 0.25) is 0 Å². The van der Waals surface area contributed by atoms with Crippen LogP contribution >= 0.6 is 0 Å². The van der Waals surface area contributed by atoms with Gasteiger partial charge in [0, 0.05) is 29.1 Å². The van der Waals surface area contributed by atoms with Crippen LogP contribution in [0, 0.1) is 0 Å². The zero-order chi connectivity index (χ0) is 12.4. The Hall–Kier alpha value is -1.74. The Morgan fingerprint density at radius 1 is 1.11 bits per heavy atom. The molecule has 94 valence electrons. The SMILES string of the molecule is Oc1cccc2c(NC3CCCOC3)cccc12. The number of hydrogen-bond acceptors (Lipinski definition) is 3. The molecule has 1 saturated heterocycles. The summed E-state index contributed by atoms with van der Waals surface area (Å²) in [5, 5.41) is 15.3. The lowest BCUT2D eigenvalue weighted by atomic mass is 10.1. The van der Waals surface area contributed by atoms with E-state index in [4.69, 9.17) is 4.74 Å². The maximum absolute atomic E-state index is 9.85. The number of anilines is 1. The number of aromatic hydroxyl groups is 1. The van der Waals surface area contributed by atoms with Crippen molar-refractivity contribution in [2.75, 3.05) is 18.5 Å². The molecule has 1 aliphatic rings. The van der Waals surface area contributed by atoms with Crippen LogP contribution in [-0.2, 0) is 4.74 Å². The second kappa shape index (κ2) is 4.86. The summed E-state index contributed by atoms with van der Waals surface area (Å²) < 4.78 is 5.48. The smallest absolute Gasteiger partial charge is 0.123 e. The number of nitrogens with one attached hydrogen (secondary N) is 1. The zero-order valence-electron chi connectivity index (χ0n) is 10.2. The van der Waals surface area contributed by atoms with Gasteiger partial charge in [0.15, 0.2) is 0 Å². The van der Waals surface area contributed by atoms with Crippen molar-refractivity contribution in [3.8, 4) is 5.75 Å². The average molecular weight is 243 g/mol. The Morgan fingerprint density at radius 3 is 2.78 bits per heavy atom. The van der Waals surface area contributed by atoms with Gasteiger partial charge in [-0.15, -0.1) is 0 Å². The molecule has 18 heavy (non-hydrogen) atoms. The summed E-state index contributed by atoms with van der Waals surface area (Å²) in [6.45, 7) is 1.63. The maximum atomic E-state index is 9.85. The summed E-state index contributed by atoms with van der Waals surface area (Å²) in [5.74, 6) is 0.330. The molecule has 1 aliphatic heterocycles. The summed E-state index contributed by atoms with van der Waals surface area (Å²) >= 11 is 0. The molecule has 0 saturated carbocycles. The molecule has 2 aromatic rings. The summed E-state index contributed by atoms with van der Waals surface area (Å²) in [4.78, 5) is 0. The molecule has 1 atom stereocenters. The van der Waals surface area contributed by atoms with E-state index in [1.54, 1.807) is 6.07 Å². The Bertz CT molecular complexity index is 547. The van der Waals surface area contributed by atoms with Crippen molar-refractivity contribution >= 4 is 16.5 Å².